The maximum atomic E-state index is 4.80. The van der Waals surface area contributed by atoms with Crippen LogP contribution in [-0.2, 0) is 12.8 Å². The molecule has 1 N–H and O–H groups in total. The molecule has 0 saturated heterocycles. The first-order valence-corrected chi connectivity index (χ1v) is 7.88. The van der Waals surface area contributed by atoms with E-state index < -0.39 is 0 Å². The van der Waals surface area contributed by atoms with Gasteiger partial charge in [0.1, 0.15) is 5.82 Å². The van der Waals surface area contributed by atoms with E-state index in [-0.39, 0.29) is 0 Å². The fraction of sp³-hybridized carbons (Fsp3) is 0.471. The van der Waals surface area contributed by atoms with Gasteiger partial charge < -0.3 is 5.32 Å². The fourth-order valence-corrected chi connectivity index (χ4v) is 3.11. The lowest BCUT2D eigenvalue weighted by molar-refractivity contribution is 0.688. The van der Waals surface area contributed by atoms with Gasteiger partial charge in [-0.1, -0.05) is 0 Å². The van der Waals surface area contributed by atoms with Gasteiger partial charge in [-0.3, -0.25) is 4.98 Å². The molecule has 0 spiro atoms. The molecule has 21 heavy (non-hydrogen) atoms. The summed E-state index contributed by atoms with van der Waals surface area (Å²) in [6.07, 6.45) is 9.66. The summed E-state index contributed by atoms with van der Waals surface area (Å²) in [5, 5.41) is 3.64. The Bertz CT molecular complexity index is 649. The normalized spacial score (nSPS) is 18.3. The first-order valence-electron chi connectivity index (χ1n) is 7.88. The standard InChI is InChI=1S/C17H20N4/c1-11(12-7-8-12)19-17-14-5-2-6-15(14)20-16(21-17)13-4-3-9-18-10-13/h3-4,9-12H,2,5-8H2,1H3,(H,19,20,21). The van der Waals surface area contributed by atoms with Gasteiger partial charge in [-0.25, -0.2) is 9.97 Å². The molecule has 0 aromatic carbocycles. The predicted octanol–water partition coefficient (Wildman–Crippen LogP) is 3.24. The Hall–Kier alpha value is -1.97. The Morgan fingerprint density at radius 2 is 2.14 bits per heavy atom. The molecule has 2 aromatic heterocycles. The molecular formula is C17H20N4. The van der Waals surface area contributed by atoms with Crippen molar-refractivity contribution >= 4 is 5.82 Å². The molecule has 108 valence electrons. The first kappa shape index (κ1) is 12.7. The fourth-order valence-electron chi connectivity index (χ4n) is 3.11. The van der Waals surface area contributed by atoms with E-state index in [9.17, 15) is 0 Å². The average Bonchev–Trinajstić information content (AvgIpc) is 3.26. The van der Waals surface area contributed by atoms with E-state index in [1.54, 1.807) is 6.20 Å². The molecule has 0 radical (unpaired) electrons. The molecule has 0 aliphatic heterocycles. The Morgan fingerprint density at radius 3 is 2.90 bits per heavy atom. The van der Waals surface area contributed by atoms with Crippen LogP contribution < -0.4 is 5.32 Å². The lowest BCUT2D eigenvalue weighted by atomic mass is 10.1. The first-order chi connectivity index (χ1) is 10.3. The minimum atomic E-state index is 0.506. The summed E-state index contributed by atoms with van der Waals surface area (Å²) in [6.45, 7) is 2.27. The zero-order chi connectivity index (χ0) is 14.2. The third kappa shape index (κ3) is 2.50. The molecular weight excluding hydrogens is 260 g/mol. The summed E-state index contributed by atoms with van der Waals surface area (Å²) in [7, 11) is 0. The van der Waals surface area contributed by atoms with Crippen molar-refractivity contribution in [1.29, 1.82) is 0 Å². The van der Waals surface area contributed by atoms with Crippen LogP contribution in [0.1, 0.15) is 37.4 Å². The number of hydrogen-bond donors (Lipinski definition) is 1. The topological polar surface area (TPSA) is 50.7 Å². The lowest BCUT2D eigenvalue weighted by Gasteiger charge is -2.17. The van der Waals surface area contributed by atoms with Gasteiger partial charge >= 0.3 is 0 Å². The second-order valence-electron chi connectivity index (χ2n) is 6.19. The Balaban J connectivity index is 1.72. The largest absolute Gasteiger partial charge is 0.367 e. The van der Waals surface area contributed by atoms with Gasteiger partial charge in [0, 0.05) is 35.3 Å². The van der Waals surface area contributed by atoms with Crippen molar-refractivity contribution in [3.63, 3.8) is 0 Å². The van der Waals surface area contributed by atoms with Crippen molar-refractivity contribution in [1.82, 2.24) is 15.0 Å². The number of hydrogen-bond acceptors (Lipinski definition) is 4. The van der Waals surface area contributed by atoms with Crippen molar-refractivity contribution in [3.8, 4) is 11.4 Å². The molecule has 2 heterocycles. The van der Waals surface area contributed by atoms with E-state index in [1.807, 2.05) is 18.3 Å². The number of fused-ring (bicyclic) bond motifs is 1. The van der Waals surface area contributed by atoms with Crippen molar-refractivity contribution in [2.24, 2.45) is 5.92 Å². The van der Waals surface area contributed by atoms with E-state index in [1.165, 1.54) is 30.5 Å². The summed E-state index contributed by atoms with van der Waals surface area (Å²) >= 11 is 0. The van der Waals surface area contributed by atoms with Gasteiger partial charge in [0.15, 0.2) is 5.82 Å². The monoisotopic (exact) mass is 280 g/mol. The maximum Gasteiger partial charge on any atom is 0.163 e. The van der Waals surface area contributed by atoms with Crippen LogP contribution in [-0.4, -0.2) is 21.0 Å². The Labute approximate surface area is 125 Å². The van der Waals surface area contributed by atoms with Gasteiger partial charge in [0.2, 0.25) is 0 Å². The quantitative estimate of drug-likeness (QED) is 0.934. The van der Waals surface area contributed by atoms with Crippen molar-refractivity contribution in [3.05, 3.63) is 35.8 Å². The highest BCUT2D eigenvalue weighted by Gasteiger charge is 2.29. The van der Waals surface area contributed by atoms with Crippen LogP contribution in [0.5, 0.6) is 0 Å². The van der Waals surface area contributed by atoms with Gasteiger partial charge in [0.05, 0.1) is 0 Å². The molecule has 2 aliphatic carbocycles. The van der Waals surface area contributed by atoms with Crippen LogP contribution in [0, 0.1) is 5.92 Å². The molecule has 0 amide bonds. The summed E-state index contributed by atoms with van der Waals surface area (Å²) in [5.74, 6) is 2.67. The predicted molar refractivity (Wildman–Crippen MR) is 83.1 cm³/mol. The maximum absolute atomic E-state index is 4.80. The van der Waals surface area contributed by atoms with Gasteiger partial charge in [-0.2, -0.15) is 0 Å². The van der Waals surface area contributed by atoms with Crippen LogP contribution in [0.2, 0.25) is 0 Å². The molecule has 2 aliphatic rings. The van der Waals surface area contributed by atoms with Crippen molar-refractivity contribution in [2.45, 2.75) is 45.1 Å². The molecule has 4 nitrogen and oxygen atoms in total. The highest BCUT2D eigenvalue weighted by molar-refractivity contribution is 5.60. The molecule has 0 bridgehead atoms. The van der Waals surface area contributed by atoms with Crippen LogP contribution >= 0.6 is 0 Å². The highest BCUT2D eigenvalue weighted by Crippen LogP contribution is 2.36. The van der Waals surface area contributed by atoms with E-state index >= 15 is 0 Å². The number of aryl methyl sites for hydroxylation is 1. The highest BCUT2D eigenvalue weighted by atomic mass is 15.1. The van der Waals surface area contributed by atoms with E-state index in [4.69, 9.17) is 9.97 Å². The van der Waals surface area contributed by atoms with Crippen LogP contribution in [0.3, 0.4) is 0 Å². The summed E-state index contributed by atoms with van der Waals surface area (Å²) < 4.78 is 0. The lowest BCUT2D eigenvalue weighted by Crippen LogP contribution is -2.20. The molecule has 4 rings (SSSR count). The second kappa shape index (κ2) is 5.10. The zero-order valence-electron chi connectivity index (χ0n) is 12.3. The zero-order valence-corrected chi connectivity index (χ0v) is 12.3. The number of nitrogens with zero attached hydrogens (tertiary/aromatic N) is 3. The van der Waals surface area contributed by atoms with Gasteiger partial charge in [-0.15, -0.1) is 0 Å². The number of nitrogens with one attached hydrogen (secondary N) is 1. The number of aromatic nitrogens is 3. The van der Waals surface area contributed by atoms with Crippen molar-refractivity contribution in [2.75, 3.05) is 5.32 Å². The van der Waals surface area contributed by atoms with Crippen LogP contribution in [0.25, 0.3) is 11.4 Å². The summed E-state index contributed by atoms with van der Waals surface area (Å²) in [6, 6.07) is 4.47. The Morgan fingerprint density at radius 1 is 1.24 bits per heavy atom. The van der Waals surface area contributed by atoms with Crippen molar-refractivity contribution < 1.29 is 0 Å². The third-order valence-electron chi connectivity index (χ3n) is 4.55. The molecule has 1 unspecified atom stereocenters. The molecule has 1 fully saturated rings. The molecule has 2 aromatic rings. The van der Waals surface area contributed by atoms with E-state index in [2.05, 4.69) is 17.2 Å². The number of rotatable bonds is 4. The van der Waals surface area contributed by atoms with Gasteiger partial charge in [-0.05, 0) is 57.1 Å². The molecule has 1 saturated carbocycles. The smallest absolute Gasteiger partial charge is 0.163 e. The number of pyridine rings is 1. The summed E-state index contributed by atoms with van der Waals surface area (Å²) in [5.41, 5.74) is 3.54. The van der Waals surface area contributed by atoms with E-state index in [0.717, 1.165) is 36.0 Å². The van der Waals surface area contributed by atoms with Gasteiger partial charge in [0.25, 0.3) is 0 Å². The minimum absolute atomic E-state index is 0.506. The SMILES string of the molecule is CC(Nc1nc(-c2cccnc2)nc2c1CCC2)C1CC1. The Kier molecular flexibility index (Phi) is 3.09. The second-order valence-corrected chi connectivity index (χ2v) is 6.19. The van der Waals surface area contributed by atoms with Crippen LogP contribution in [0.4, 0.5) is 5.82 Å². The molecule has 1 atom stereocenters. The van der Waals surface area contributed by atoms with E-state index in [0.29, 0.717) is 6.04 Å². The number of anilines is 1. The van der Waals surface area contributed by atoms with Crippen LogP contribution in [0.15, 0.2) is 24.5 Å². The summed E-state index contributed by atoms with van der Waals surface area (Å²) in [4.78, 5) is 13.7. The minimum Gasteiger partial charge on any atom is -0.367 e. The average molecular weight is 280 g/mol. The molecule has 4 heteroatoms. The third-order valence-corrected chi connectivity index (χ3v) is 4.55.